The molecule has 0 amide bonds. The molecular formula is C17H34N2O. The first kappa shape index (κ1) is 16.3. The van der Waals surface area contributed by atoms with Crippen LogP contribution in [0.15, 0.2) is 0 Å². The lowest BCUT2D eigenvalue weighted by Crippen LogP contribution is -2.47. The molecule has 2 aliphatic rings. The number of nitrogens with zero attached hydrogens (tertiary/aromatic N) is 1. The maximum atomic E-state index is 6.51. The van der Waals surface area contributed by atoms with Gasteiger partial charge in [-0.2, -0.15) is 0 Å². The van der Waals surface area contributed by atoms with Gasteiger partial charge in [0, 0.05) is 12.6 Å². The molecule has 2 N–H and O–H groups in total. The van der Waals surface area contributed by atoms with Crippen LogP contribution in [0.1, 0.15) is 65.2 Å². The number of hydrogen-bond donors (Lipinski definition) is 1. The van der Waals surface area contributed by atoms with Gasteiger partial charge < -0.3 is 15.4 Å². The zero-order valence-corrected chi connectivity index (χ0v) is 13.6. The first-order chi connectivity index (χ1) is 9.69. The molecule has 1 spiro atoms. The van der Waals surface area contributed by atoms with Crippen molar-refractivity contribution in [3.05, 3.63) is 0 Å². The SMILES string of the molecule is CCN(CC)CCC(N)C1CCOC2(CCCCC2)C1. The summed E-state index contributed by atoms with van der Waals surface area (Å²) in [6, 6.07) is 0.360. The predicted molar refractivity (Wildman–Crippen MR) is 84.9 cm³/mol. The molecule has 2 rings (SSSR count). The van der Waals surface area contributed by atoms with Gasteiger partial charge in [0.2, 0.25) is 0 Å². The minimum atomic E-state index is 0.202. The van der Waals surface area contributed by atoms with E-state index >= 15 is 0 Å². The van der Waals surface area contributed by atoms with E-state index in [0.717, 1.165) is 32.7 Å². The molecule has 2 fully saturated rings. The fraction of sp³-hybridized carbons (Fsp3) is 1.00. The Morgan fingerprint density at radius 3 is 2.55 bits per heavy atom. The molecule has 2 unspecified atom stereocenters. The predicted octanol–water partition coefficient (Wildman–Crippen LogP) is 3.18. The van der Waals surface area contributed by atoms with Gasteiger partial charge in [-0.3, -0.25) is 0 Å². The van der Waals surface area contributed by atoms with Gasteiger partial charge in [-0.05, 0) is 57.7 Å². The highest BCUT2D eigenvalue weighted by molar-refractivity contribution is 4.92. The van der Waals surface area contributed by atoms with Crippen LogP contribution >= 0.6 is 0 Å². The van der Waals surface area contributed by atoms with Gasteiger partial charge in [0.1, 0.15) is 0 Å². The smallest absolute Gasteiger partial charge is 0.0685 e. The molecule has 3 heteroatoms. The van der Waals surface area contributed by atoms with Crippen LogP contribution < -0.4 is 5.73 Å². The van der Waals surface area contributed by atoms with Crippen molar-refractivity contribution in [3.63, 3.8) is 0 Å². The number of ether oxygens (including phenoxy) is 1. The second-order valence-corrected chi connectivity index (χ2v) is 6.82. The Morgan fingerprint density at radius 2 is 1.90 bits per heavy atom. The molecule has 1 saturated carbocycles. The van der Waals surface area contributed by atoms with Crippen LogP contribution in [-0.4, -0.2) is 42.8 Å². The van der Waals surface area contributed by atoms with E-state index in [-0.39, 0.29) is 5.60 Å². The molecule has 1 aliphatic heterocycles. The molecule has 2 atom stereocenters. The van der Waals surface area contributed by atoms with E-state index in [1.165, 1.54) is 44.9 Å². The molecule has 0 aromatic rings. The van der Waals surface area contributed by atoms with Gasteiger partial charge in [0.05, 0.1) is 5.60 Å². The first-order valence-corrected chi connectivity index (χ1v) is 8.81. The van der Waals surface area contributed by atoms with E-state index in [4.69, 9.17) is 10.5 Å². The van der Waals surface area contributed by atoms with Crippen molar-refractivity contribution in [2.75, 3.05) is 26.2 Å². The van der Waals surface area contributed by atoms with E-state index < -0.39 is 0 Å². The molecule has 118 valence electrons. The molecule has 0 radical (unpaired) electrons. The lowest BCUT2D eigenvalue weighted by atomic mass is 9.74. The summed E-state index contributed by atoms with van der Waals surface area (Å²) in [6.07, 6.45) is 10.2. The maximum absolute atomic E-state index is 6.51. The fourth-order valence-corrected chi connectivity index (χ4v) is 4.08. The summed E-state index contributed by atoms with van der Waals surface area (Å²) in [5.41, 5.74) is 6.72. The third kappa shape index (κ3) is 4.19. The van der Waals surface area contributed by atoms with Crippen LogP contribution in [0, 0.1) is 5.92 Å². The fourth-order valence-electron chi connectivity index (χ4n) is 4.08. The number of nitrogens with two attached hydrogens (primary N) is 1. The molecule has 1 saturated heterocycles. The average molecular weight is 282 g/mol. The van der Waals surface area contributed by atoms with Crippen molar-refractivity contribution in [1.82, 2.24) is 4.90 Å². The second kappa shape index (κ2) is 7.77. The van der Waals surface area contributed by atoms with Gasteiger partial charge in [0.25, 0.3) is 0 Å². The Labute approximate surface area is 125 Å². The van der Waals surface area contributed by atoms with Crippen molar-refractivity contribution < 1.29 is 4.74 Å². The Kier molecular flexibility index (Phi) is 6.31. The molecule has 1 heterocycles. The van der Waals surface area contributed by atoms with E-state index in [9.17, 15) is 0 Å². The molecule has 0 bridgehead atoms. The number of hydrogen-bond acceptors (Lipinski definition) is 3. The Balaban J connectivity index is 1.81. The lowest BCUT2D eigenvalue weighted by Gasteiger charge is -2.45. The first-order valence-electron chi connectivity index (χ1n) is 8.81. The highest BCUT2D eigenvalue weighted by Gasteiger charge is 2.39. The topological polar surface area (TPSA) is 38.5 Å². The molecular weight excluding hydrogens is 248 g/mol. The Morgan fingerprint density at radius 1 is 1.20 bits per heavy atom. The minimum Gasteiger partial charge on any atom is -0.375 e. The zero-order chi connectivity index (χ0) is 14.4. The molecule has 20 heavy (non-hydrogen) atoms. The van der Waals surface area contributed by atoms with Gasteiger partial charge in [0.15, 0.2) is 0 Å². The van der Waals surface area contributed by atoms with Crippen LogP contribution in [0.5, 0.6) is 0 Å². The highest BCUT2D eigenvalue weighted by Crippen LogP contribution is 2.41. The summed E-state index contributed by atoms with van der Waals surface area (Å²) in [7, 11) is 0. The molecule has 1 aliphatic carbocycles. The summed E-state index contributed by atoms with van der Waals surface area (Å²) >= 11 is 0. The number of rotatable bonds is 6. The lowest BCUT2D eigenvalue weighted by molar-refractivity contribution is -0.120. The highest BCUT2D eigenvalue weighted by atomic mass is 16.5. The quantitative estimate of drug-likeness (QED) is 0.813. The van der Waals surface area contributed by atoms with Crippen molar-refractivity contribution in [2.45, 2.75) is 76.9 Å². The van der Waals surface area contributed by atoms with E-state index in [1.54, 1.807) is 0 Å². The van der Waals surface area contributed by atoms with Gasteiger partial charge in [-0.1, -0.05) is 33.1 Å². The van der Waals surface area contributed by atoms with Gasteiger partial charge in [-0.15, -0.1) is 0 Å². The summed E-state index contributed by atoms with van der Waals surface area (Å²) in [5.74, 6) is 0.678. The van der Waals surface area contributed by atoms with Crippen LogP contribution in [-0.2, 0) is 4.74 Å². The Bertz CT molecular complexity index is 267. The van der Waals surface area contributed by atoms with Gasteiger partial charge >= 0.3 is 0 Å². The monoisotopic (exact) mass is 282 g/mol. The Hall–Kier alpha value is -0.120. The van der Waals surface area contributed by atoms with Crippen LogP contribution in [0.4, 0.5) is 0 Å². The van der Waals surface area contributed by atoms with Crippen LogP contribution in [0.2, 0.25) is 0 Å². The third-order valence-corrected chi connectivity index (χ3v) is 5.57. The normalized spacial score (nSPS) is 27.9. The molecule has 3 nitrogen and oxygen atoms in total. The molecule has 0 aromatic heterocycles. The summed E-state index contributed by atoms with van der Waals surface area (Å²) in [4.78, 5) is 2.48. The van der Waals surface area contributed by atoms with E-state index in [0.29, 0.717) is 12.0 Å². The average Bonchev–Trinajstić information content (AvgIpc) is 2.49. The standard InChI is InChI=1S/C17H34N2O/c1-3-19(4-2)12-8-16(18)15-9-13-20-17(14-15)10-6-5-7-11-17/h15-16H,3-14,18H2,1-2H3. The van der Waals surface area contributed by atoms with Crippen molar-refractivity contribution in [3.8, 4) is 0 Å². The molecule has 0 aromatic carbocycles. The summed E-state index contributed by atoms with van der Waals surface area (Å²) in [5, 5.41) is 0. The van der Waals surface area contributed by atoms with E-state index in [2.05, 4.69) is 18.7 Å². The maximum Gasteiger partial charge on any atom is 0.0685 e. The van der Waals surface area contributed by atoms with Crippen LogP contribution in [0.25, 0.3) is 0 Å². The van der Waals surface area contributed by atoms with E-state index in [1.807, 2.05) is 0 Å². The van der Waals surface area contributed by atoms with Gasteiger partial charge in [-0.25, -0.2) is 0 Å². The van der Waals surface area contributed by atoms with Crippen LogP contribution in [0.3, 0.4) is 0 Å². The minimum absolute atomic E-state index is 0.202. The summed E-state index contributed by atoms with van der Waals surface area (Å²) in [6.45, 7) is 8.84. The third-order valence-electron chi connectivity index (χ3n) is 5.57. The van der Waals surface area contributed by atoms with Crippen molar-refractivity contribution >= 4 is 0 Å². The second-order valence-electron chi connectivity index (χ2n) is 6.82. The van der Waals surface area contributed by atoms with Crippen molar-refractivity contribution in [2.24, 2.45) is 11.7 Å². The van der Waals surface area contributed by atoms with Crippen molar-refractivity contribution in [1.29, 1.82) is 0 Å². The zero-order valence-electron chi connectivity index (χ0n) is 13.6. The summed E-state index contributed by atoms with van der Waals surface area (Å²) < 4.78 is 6.19. The largest absolute Gasteiger partial charge is 0.375 e.